The molecule has 0 radical (unpaired) electrons. The first-order chi connectivity index (χ1) is 5.16. The SMILES string of the molecule is CC.CNC(=O)CCC(C)C. The van der Waals surface area contributed by atoms with Crippen molar-refractivity contribution in [2.45, 2.75) is 40.5 Å². The molecule has 0 aliphatic carbocycles. The van der Waals surface area contributed by atoms with Gasteiger partial charge < -0.3 is 5.32 Å². The van der Waals surface area contributed by atoms with E-state index in [9.17, 15) is 4.79 Å². The van der Waals surface area contributed by atoms with Crippen molar-refractivity contribution in [1.82, 2.24) is 5.32 Å². The van der Waals surface area contributed by atoms with Gasteiger partial charge in [0.05, 0.1) is 0 Å². The Balaban J connectivity index is 0. The maximum absolute atomic E-state index is 10.6. The molecule has 2 nitrogen and oxygen atoms in total. The molecule has 11 heavy (non-hydrogen) atoms. The Hall–Kier alpha value is -0.530. The Bertz CT molecular complexity index is 89.6. The van der Waals surface area contributed by atoms with Crippen LogP contribution in [0.5, 0.6) is 0 Å². The van der Waals surface area contributed by atoms with E-state index in [0.29, 0.717) is 12.3 Å². The maximum Gasteiger partial charge on any atom is 0.219 e. The van der Waals surface area contributed by atoms with E-state index in [0.717, 1.165) is 6.42 Å². The second-order valence-electron chi connectivity index (χ2n) is 2.61. The van der Waals surface area contributed by atoms with Crippen LogP contribution in [0.4, 0.5) is 0 Å². The van der Waals surface area contributed by atoms with Crippen molar-refractivity contribution in [1.29, 1.82) is 0 Å². The van der Waals surface area contributed by atoms with Crippen LogP contribution >= 0.6 is 0 Å². The Labute approximate surface area is 70.4 Å². The molecule has 1 amide bonds. The summed E-state index contributed by atoms with van der Waals surface area (Å²) in [5.41, 5.74) is 0. The second kappa shape index (κ2) is 9.47. The summed E-state index contributed by atoms with van der Waals surface area (Å²) in [6.07, 6.45) is 1.65. The first-order valence-electron chi connectivity index (χ1n) is 4.37. The van der Waals surface area contributed by atoms with Crippen molar-refractivity contribution in [3.63, 3.8) is 0 Å². The third kappa shape index (κ3) is 12.6. The van der Waals surface area contributed by atoms with Crippen LogP contribution < -0.4 is 5.32 Å². The topological polar surface area (TPSA) is 29.1 Å². The van der Waals surface area contributed by atoms with Crippen LogP contribution in [0.1, 0.15) is 40.5 Å². The smallest absolute Gasteiger partial charge is 0.219 e. The Morgan fingerprint density at radius 2 is 1.82 bits per heavy atom. The van der Waals surface area contributed by atoms with Gasteiger partial charge in [0.1, 0.15) is 0 Å². The van der Waals surface area contributed by atoms with Crippen LogP contribution in [0.3, 0.4) is 0 Å². The van der Waals surface area contributed by atoms with Crippen LogP contribution in [-0.2, 0) is 4.79 Å². The molecule has 2 heteroatoms. The van der Waals surface area contributed by atoms with Crippen molar-refractivity contribution >= 4 is 5.91 Å². The lowest BCUT2D eigenvalue weighted by Gasteiger charge is -2.01. The number of rotatable bonds is 3. The summed E-state index contributed by atoms with van der Waals surface area (Å²) in [5, 5.41) is 2.58. The van der Waals surface area contributed by atoms with E-state index in [2.05, 4.69) is 19.2 Å². The number of carbonyl (C=O) groups excluding carboxylic acids is 1. The normalized spacial score (nSPS) is 8.55. The summed E-state index contributed by atoms with van der Waals surface area (Å²) in [7, 11) is 1.67. The zero-order valence-corrected chi connectivity index (χ0v) is 8.40. The van der Waals surface area contributed by atoms with Gasteiger partial charge in [-0.25, -0.2) is 0 Å². The van der Waals surface area contributed by atoms with Gasteiger partial charge in [0.2, 0.25) is 5.91 Å². The highest BCUT2D eigenvalue weighted by atomic mass is 16.1. The predicted molar refractivity (Wildman–Crippen MR) is 49.5 cm³/mol. The maximum atomic E-state index is 10.6. The lowest BCUT2D eigenvalue weighted by molar-refractivity contribution is -0.120. The average molecular weight is 159 g/mol. The van der Waals surface area contributed by atoms with Crippen LogP contribution in [0.2, 0.25) is 0 Å². The van der Waals surface area contributed by atoms with E-state index in [-0.39, 0.29) is 5.91 Å². The summed E-state index contributed by atoms with van der Waals surface area (Å²) < 4.78 is 0. The summed E-state index contributed by atoms with van der Waals surface area (Å²) in [5.74, 6) is 0.769. The van der Waals surface area contributed by atoms with E-state index >= 15 is 0 Å². The highest BCUT2D eigenvalue weighted by Crippen LogP contribution is 2.01. The van der Waals surface area contributed by atoms with Gasteiger partial charge in [-0.3, -0.25) is 4.79 Å². The molecule has 0 heterocycles. The zero-order chi connectivity index (χ0) is 9.28. The van der Waals surface area contributed by atoms with Gasteiger partial charge in [-0.2, -0.15) is 0 Å². The molecule has 0 fully saturated rings. The fourth-order valence-corrected chi connectivity index (χ4v) is 0.545. The van der Waals surface area contributed by atoms with E-state index in [1.54, 1.807) is 7.05 Å². The molecule has 0 saturated heterocycles. The molecule has 0 bridgehead atoms. The first-order valence-corrected chi connectivity index (χ1v) is 4.37. The van der Waals surface area contributed by atoms with Crippen molar-refractivity contribution < 1.29 is 4.79 Å². The summed E-state index contributed by atoms with van der Waals surface area (Å²) in [6, 6.07) is 0. The molecule has 0 atom stereocenters. The lowest BCUT2D eigenvalue weighted by atomic mass is 10.1. The quantitative estimate of drug-likeness (QED) is 0.672. The molecule has 0 aliphatic rings. The molecule has 0 aromatic carbocycles. The molecular formula is C9H21NO. The first kappa shape index (κ1) is 13.1. The highest BCUT2D eigenvalue weighted by Gasteiger charge is 1.98. The van der Waals surface area contributed by atoms with Crippen molar-refractivity contribution in [2.24, 2.45) is 5.92 Å². The zero-order valence-electron chi connectivity index (χ0n) is 8.40. The molecule has 1 N–H and O–H groups in total. The van der Waals surface area contributed by atoms with Crippen LogP contribution in [0.15, 0.2) is 0 Å². The van der Waals surface area contributed by atoms with Gasteiger partial charge in [-0.1, -0.05) is 27.7 Å². The minimum atomic E-state index is 0.142. The Morgan fingerprint density at radius 3 is 2.09 bits per heavy atom. The minimum absolute atomic E-state index is 0.142. The average Bonchev–Trinajstić information content (AvgIpc) is 2.04. The van der Waals surface area contributed by atoms with Gasteiger partial charge in [0.15, 0.2) is 0 Å². The lowest BCUT2D eigenvalue weighted by Crippen LogP contribution is -2.17. The summed E-state index contributed by atoms with van der Waals surface area (Å²) in [6.45, 7) is 8.23. The number of amides is 1. The summed E-state index contributed by atoms with van der Waals surface area (Å²) >= 11 is 0. The van der Waals surface area contributed by atoms with Crippen molar-refractivity contribution in [2.75, 3.05) is 7.05 Å². The number of carbonyl (C=O) groups is 1. The fraction of sp³-hybridized carbons (Fsp3) is 0.889. The standard InChI is InChI=1S/C7H15NO.C2H6/c1-6(2)4-5-7(9)8-3;1-2/h6H,4-5H2,1-3H3,(H,8,9);1-2H3. The van der Waals surface area contributed by atoms with E-state index in [4.69, 9.17) is 0 Å². The molecule has 0 aliphatic heterocycles. The Morgan fingerprint density at radius 1 is 1.36 bits per heavy atom. The van der Waals surface area contributed by atoms with Gasteiger partial charge in [-0.05, 0) is 12.3 Å². The number of hydrogen-bond acceptors (Lipinski definition) is 1. The molecule has 0 unspecified atom stereocenters. The third-order valence-electron chi connectivity index (χ3n) is 1.23. The van der Waals surface area contributed by atoms with Crippen molar-refractivity contribution in [3.8, 4) is 0 Å². The van der Waals surface area contributed by atoms with Gasteiger partial charge in [0, 0.05) is 13.5 Å². The predicted octanol–water partition coefficient (Wildman–Crippen LogP) is 2.19. The molecule has 0 spiro atoms. The highest BCUT2D eigenvalue weighted by molar-refractivity contribution is 5.75. The molecule has 0 rings (SSSR count). The molecule has 0 aromatic rings. The minimum Gasteiger partial charge on any atom is -0.359 e. The number of hydrogen-bond donors (Lipinski definition) is 1. The van der Waals surface area contributed by atoms with Crippen LogP contribution in [0, 0.1) is 5.92 Å². The van der Waals surface area contributed by atoms with Gasteiger partial charge in [0.25, 0.3) is 0 Å². The second-order valence-corrected chi connectivity index (χ2v) is 2.61. The van der Waals surface area contributed by atoms with Gasteiger partial charge in [-0.15, -0.1) is 0 Å². The van der Waals surface area contributed by atoms with Crippen LogP contribution in [-0.4, -0.2) is 13.0 Å². The van der Waals surface area contributed by atoms with Crippen molar-refractivity contribution in [3.05, 3.63) is 0 Å². The largest absolute Gasteiger partial charge is 0.359 e. The van der Waals surface area contributed by atoms with E-state index in [1.165, 1.54) is 0 Å². The van der Waals surface area contributed by atoms with Gasteiger partial charge >= 0.3 is 0 Å². The van der Waals surface area contributed by atoms with Crippen LogP contribution in [0.25, 0.3) is 0 Å². The molecule has 0 aromatic heterocycles. The monoisotopic (exact) mass is 159 g/mol. The van der Waals surface area contributed by atoms with E-state index in [1.807, 2.05) is 13.8 Å². The molecular weight excluding hydrogens is 138 g/mol. The van der Waals surface area contributed by atoms with E-state index < -0.39 is 0 Å². The summed E-state index contributed by atoms with van der Waals surface area (Å²) in [4.78, 5) is 10.6. The molecule has 0 saturated carbocycles. The Kier molecular flexibility index (Phi) is 11.3. The third-order valence-corrected chi connectivity index (χ3v) is 1.23. The fourth-order valence-electron chi connectivity index (χ4n) is 0.545. The molecule has 68 valence electrons. The number of nitrogens with one attached hydrogen (secondary N) is 1.